The van der Waals surface area contributed by atoms with Crippen molar-refractivity contribution in [2.45, 2.75) is 6.54 Å². The van der Waals surface area contributed by atoms with Crippen LogP contribution in [-0.4, -0.2) is 24.1 Å². The number of aromatic nitrogens is 5. The normalized spacial score (nSPS) is 11.4. The van der Waals surface area contributed by atoms with Crippen LogP contribution < -0.4 is 0 Å². The molecule has 0 saturated heterocycles. The largest absolute Gasteiger partial charge is 0.344 e. The average molecular weight is 419 g/mol. The third-order valence-corrected chi connectivity index (χ3v) is 5.51. The Balaban J connectivity index is 1.42. The summed E-state index contributed by atoms with van der Waals surface area (Å²) in [7, 11) is 0. The molecule has 3 aromatic carbocycles. The van der Waals surface area contributed by atoms with Crippen LogP contribution in [0.2, 0.25) is 0 Å². The second-order valence-electron chi connectivity index (χ2n) is 7.60. The summed E-state index contributed by atoms with van der Waals surface area (Å²) >= 11 is 0. The van der Waals surface area contributed by atoms with Crippen molar-refractivity contribution in [1.29, 1.82) is 0 Å². The van der Waals surface area contributed by atoms with Gasteiger partial charge in [-0.05, 0) is 42.5 Å². The Kier molecular flexibility index (Phi) is 4.28. The number of halogens is 1. The fraction of sp³-hybridized carbons (Fsp3) is 0.0385. The van der Waals surface area contributed by atoms with E-state index in [9.17, 15) is 4.39 Å². The molecule has 4 aromatic rings. The summed E-state index contributed by atoms with van der Waals surface area (Å²) < 4.78 is 18.4. The van der Waals surface area contributed by atoms with Gasteiger partial charge in [0, 0.05) is 18.1 Å². The van der Waals surface area contributed by atoms with Gasteiger partial charge in [0.05, 0.1) is 28.8 Å². The maximum Gasteiger partial charge on any atom is 0.163 e. The molecule has 0 bridgehead atoms. The molecule has 154 valence electrons. The smallest absolute Gasteiger partial charge is 0.163 e. The molecule has 0 N–H and O–H groups in total. The van der Waals surface area contributed by atoms with Gasteiger partial charge in [0.1, 0.15) is 17.3 Å². The Hall–Kier alpha value is -4.32. The Labute approximate surface area is 183 Å². The van der Waals surface area contributed by atoms with Gasteiger partial charge in [-0.3, -0.25) is 4.57 Å². The van der Waals surface area contributed by atoms with Crippen molar-refractivity contribution in [2.75, 3.05) is 0 Å². The van der Waals surface area contributed by atoms with Crippen LogP contribution in [0, 0.1) is 5.82 Å². The lowest BCUT2D eigenvalue weighted by molar-refractivity contribution is 0.630. The van der Waals surface area contributed by atoms with Gasteiger partial charge in [-0.25, -0.2) is 19.3 Å². The minimum atomic E-state index is -0.327. The van der Waals surface area contributed by atoms with Gasteiger partial charge in [0.25, 0.3) is 0 Å². The molecule has 0 fully saturated rings. The Bertz CT molecular complexity index is 1520. The van der Waals surface area contributed by atoms with Gasteiger partial charge in [-0.1, -0.05) is 42.5 Å². The van der Waals surface area contributed by atoms with Gasteiger partial charge in [0.15, 0.2) is 5.82 Å². The van der Waals surface area contributed by atoms with E-state index in [4.69, 9.17) is 4.98 Å². The number of benzene rings is 3. The highest BCUT2D eigenvalue weighted by Gasteiger charge is 2.17. The van der Waals surface area contributed by atoms with Crippen LogP contribution in [0.5, 0.6) is 0 Å². The monoisotopic (exact) mass is 419 g/mol. The summed E-state index contributed by atoms with van der Waals surface area (Å²) in [5.41, 5.74) is 4.92. The molecule has 0 unspecified atom stereocenters. The summed E-state index contributed by atoms with van der Waals surface area (Å²) in [6, 6.07) is 26.8. The fourth-order valence-corrected chi connectivity index (χ4v) is 4.02. The van der Waals surface area contributed by atoms with Gasteiger partial charge in [-0.2, -0.15) is 0 Å². The zero-order valence-electron chi connectivity index (χ0n) is 17.1. The molecule has 0 radical (unpaired) electrons. The Morgan fingerprint density at radius 2 is 1.47 bits per heavy atom. The van der Waals surface area contributed by atoms with Gasteiger partial charge >= 0.3 is 0 Å². The van der Waals surface area contributed by atoms with E-state index >= 15 is 0 Å². The van der Waals surface area contributed by atoms with E-state index in [0.717, 1.165) is 28.2 Å². The Morgan fingerprint density at radius 3 is 2.34 bits per heavy atom. The zero-order valence-corrected chi connectivity index (χ0v) is 17.1. The lowest BCUT2D eigenvalue weighted by Crippen LogP contribution is -2.08. The van der Waals surface area contributed by atoms with Crippen LogP contribution in [0.25, 0.3) is 39.5 Å². The van der Waals surface area contributed by atoms with Gasteiger partial charge < -0.3 is 4.57 Å². The first-order chi connectivity index (χ1) is 15.8. The van der Waals surface area contributed by atoms with Crippen molar-refractivity contribution in [3.8, 4) is 28.5 Å². The highest BCUT2D eigenvalue weighted by atomic mass is 19.1. The maximum absolute atomic E-state index is 14.2. The molecular weight excluding hydrogens is 401 g/mol. The number of imidazole rings is 2. The molecule has 32 heavy (non-hydrogen) atoms. The van der Waals surface area contributed by atoms with Crippen molar-refractivity contribution in [1.82, 2.24) is 24.1 Å². The SMILES string of the molecule is Fc1ccccc1-c1nc2ccn(Cc3nc4ccccc4n3-c3ccccc3)cc-2n1. The first-order valence-corrected chi connectivity index (χ1v) is 10.4. The molecule has 0 saturated carbocycles. The third-order valence-electron chi connectivity index (χ3n) is 5.51. The summed E-state index contributed by atoms with van der Waals surface area (Å²) in [6.07, 6.45) is 3.89. The molecule has 2 aliphatic heterocycles. The fourth-order valence-electron chi connectivity index (χ4n) is 4.02. The van der Waals surface area contributed by atoms with Crippen molar-refractivity contribution in [3.05, 3.63) is 109 Å². The molecule has 0 spiro atoms. The molecule has 3 heterocycles. The first-order valence-electron chi connectivity index (χ1n) is 10.4. The number of hydrogen-bond donors (Lipinski definition) is 0. The number of pyridine rings is 1. The van der Waals surface area contributed by atoms with Crippen LogP contribution in [0.15, 0.2) is 97.3 Å². The zero-order chi connectivity index (χ0) is 21.5. The average Bonchev–Trinajstić information content (AvgIpc) is 3.40. The van der Waals surface area contributed by atoms with Crippen molar-refractivity contribution in [3.63, 3.8) is 0 Å². The van der Waals surface area contributed by atoms with E-state index in [2.05, 4.69) is 32.7 Å². The summed E-state index contributed by atoms with van der Waals surface area (Å²) in [4.78, 5) is 14.0. The summed E-state index contributed by atoms with van der Waals surface area (Å²) in [6.45, 7) is 0.557. The third kappa shape index (κ3) is 3.13. The van der Waals surface area contributed by atoms with E-state index in [1.165, 1.54) is 6.07 Å². The molecule has 6 heteroatoms. The number of nitrogens with zero attached hydrogens (tertiary/aromatic N) is 5. The minimum absolute atomic E-state index is 0.327. The number of para-hydroxylation sites is 3. The lowest BCUT2D eigenvalue weighted by atomic mass is 10.2. The van der Waals surface area contributed by atoms with Crippen molar-refractivity contribution in [2.24, 2.45) is 0 Å². The molecule has 2 aliphatic rings. The van der Waals surface area contributed by atoms with Crippen molar-refractivity contribution >= 4 is 11.0 Å². The van der Waals surface area contributed by atoms with E-state index in [-0.39, 0.29) is 5.82 Å². The predicted molar refractivity (Wildman–Crippen MR) is 122 cm³/mol. The topological polar surface area (TPSA) is 48.5 Å². The summed E-state index contributed by atoms with van der Waals surface area (Å²) in [5.74, 6) is 0.982. The number of rotatable bonds is 4. The number of hydrogen-bond acceptors (Lipinski definition) is 3. The summed E-state index contributed by atoms with van der Waals surface area (Å²) in [5, 5.41) is 0. The van der Waals surface area contributed by atoms with Crippen LogP contribution in [0.4, 0.5) is 4.39 Å². The standard InChI is InChI=1S/C26H18FN5/c27-20-11-5-4-10-19(20)26-29-21-14-15-31(16-23(21)30-26)17-25-28-22-12-6-7-13-24(22)32(25)18-8-2-1-3-9-18/h1-16H,17H2. The quantitative estimate of drug-likeness (QED) is 0.375. The van der Waals surface area contributed by atoms with Crippen LogP contribution in [0.3, 0.4) is 0 Å². The molecule has 5 nitrogen and oxygen atoms in total. The maximum atomic E-state index is 14.2. The Morgan fingerprint density at radius 1 is 0.719 bits per heavy atom. The second kappa shape index (κ2) is 7.42. The van der Waals surface area contributed by atoms with E-state index in [1.807, 2.05) is 59.4 Å². The van der Waals surface area contributed by atoms with Gasteiger partial charge in [-0.15, -0.1) is 0 Å². The second-order valence-corrected chi connectivity index (χ2v) is 7.60. The lowest BCUT2D eigenvalue weighted by Gasteiger charge is -2.11. The highest BCUT2D eigenvalue weighted by molar-refractivity contribution is 5.78. The van der Waals surface area contributed by atoms with Crippen LogP contribution in [0.1, 0.15) is 5.82 Å². The van der Waals surface area contributed by atoms with Crippen LogP contribution in [-0.2, 0) is 6.54 Å². The van der Waals surface area contributed by atoms with E-state index < -0.39 is 0 Å². The van der Waals surface area contributed by atoms with E-state index in [0.29, 0.717) is 23.6 Å². The van der Waals surface area contributed by atoms with Crippen LogP contribution >= 0.6 is 0 Å². The van der Waals surface area contributed by atoms with Gasteiger partial charge in [0.2, 0.25) is 0 Å². The molecule has 0 amide bonds. The predicted octanol–water partition coefficient (Wildman–Crippen LogP) is 5.58. The van der Waals surface area contributed by atoms with E-state index in [1.54, 1.807) is 18.2 Å². The first kappa shape index (κ1) is 18.4. The molecule has 6 rings (SSSR count). The molecular formula is C26H18FN5. The number of fused-ring (bicyclic) bond motifs is 2. The molecule has 1 aromatic heterocycles. The molecule has 0 atom stereocenters. The highest BCUT2D eigenvalue weighted by Crippen LogP contribution is 2.27. The van der Waals surface area contributed by atoms with Crippen molar-refractivity contribution < 1.29 is 4.39 Å². The minimum Gasteiger partial charge on any atom is -0.344 e. The molecule has 0 aliphatic carbocycles.